The van der Waals surface area contributed by atoms with Crippen molar-refractivity contribution in [2.75, 3.05) is 11.4 Å². The zero-order chi connectivity index (χ0) is 23.9. The summed E-state index contributed by atoms with van der Waals surface area (Å²) in [5.41, 5.74) is 1.68. The molecule has 0 aliphatic carbocycles. The first-order valence-corrected chi connectivity index (χ1v) is 14.3. The van der Waals surface area contributed by atoms with Crippen molar-refractivity contribution in [1.82, 2.24) is 9.29 Å². The van der Waals surface area contributed by atoms with E-state index in [0.29, 0.717) is 35.3 Å². The summed E-state index contributed by atoms with van der Waals surface area (Å²) in [6.07, 6.45) is 3.49. The molecule has 1 saturated heterocycles. The summed E-state index contributed by atoms with van der Waals surface area (Å²) < 4.78 is 34.8. The maximum atomic E-state index is 14.0. The van der Waals surface area contributed by atoms with E-state index in [9.17, 15) is 13.2 Å². The second-order valence-corrected chi connectivity index (χ2v) is 12.6. The van der Waals surface area contributed by atoms with E-state index in [2.05, 4.69) is 0 Å². The van der Waals surface area contributed by atoms with E-state index in [1.807, 2.05) is 19.1 Å². The molecule has 0 N–H and O–H groups in total. The Labute approximate surface area is 210 Å². The zero-order valence-electron chi connectivity index (χ0n) is 18.3. The summed E-state index contributed by atoms with van der Waals surface area (Å²) in [6.45, 7) is 2.38. The molecule has 34 heavy (non-hydrogen) atoms. The van der Waals surface area contributed by atoms with Crippen molar-refractivity contribution < 1.29 is 17.6 Å². The van der Waals surface area contributed by atoms with Crippen LogP contribution < -0.4 is 4.90 Å². The number of piperidine rings is 1. The van der Waals surface area contributed by atoms with Crippen LogP contribution in [0.25, 0.3) is 10.2 Å². The number of carbonyl (C=O) groups is 1. The van der Waals surface area contributed by atoms with Crippen molar-refractivity contribution in [2.24, 2.45) is 0 Å². The van der Waals surface area contributed by atoms with Gasteiger partial charge in [0.2, 0.25) is 5.91 Å². The quantitative estimate of drug-likeness (QED) is 0.317. The Kier molecular flexibility index (Phi) is 6.51. The van der Waals surface area contributed by atoms with Crippen molar-refractivity contribution >= 4 is 65.6 Å². The standard InChI is InChI=1S/C23H22ClN3O4S3/c1-15-12-16(24)13-19-21(15)25-23(33-19)26(14-17-6-4-10-31-17)22(28)18-7-2-3-9-27(18)34(29,30)20-8-5-11-32-20/h4-6,8,10-13,18H,2-3,7,9,14H2,1H3. The van der Waals surface area contributed by atoms with Gasteiger partial charge in [0.15, 0.2) is 5.13 Å². The summed E-state index contributed by atoms with van der Waals surface area (Å²) in [7, 11) is -3.78. The lowest BCUT2D eigenvalue weighted by Gasteiger charge is -2.35. The average Bonchev–Trinajstić information content (AvgIpc) is 3.59. The maximum absolute atomic E-state index is 14.0. The van der Waals surface area contributed by atoms with Crippen LogP contribution in [-0.4, -0.2) is 36.2 Å². The normalized spacial score (nSPS) is 17.3. The Balaban J connectivity index is 1.55. The van der Waals surface area contributed by atoms with Gasteiger partial charge in [-0.15, -0.1) is 11.3 Å². The highest BCUT2D eigenvalue weighted by atomic mass is 35.5. The molecule has 7 nitrogen and oxygen atoms in total. The molecule has 3 aromatic heterocycles. The Morgan fingerprint density at radius 2 is 2.15 bits per heavy atom. The summed E-state index contributed by atoms with van der Waals surface area (Å²) >= 11 is 8.76. The molecule has 1 aromatic carbocycles. The van der Waals surface area contributed by atoms with E-state index in [1.165, 1.54) is 15.6 Å². The van der Waals surface area contributed by atoms with E-state index in [-0.39, 0.29) is 16.7 Å². The molecule has 1 unspecified atom stereocenters. The van der Waals surface area contributed by atoms with Gasteiger partial charge in [-0.3, -0.25) is 9.69 Å². The van der Waals surface area contributed by atoms with E-state index in [4.69, 9.17) is 21.0 Å². The first-order valence-electron chi connectivity index (χ1n) is 10.8. The number of aryl methyl sites for hydroxylation is 1. The SMILES string of the molecule is Cc1cc(Cl)cc2sc(N(Cc3ccco3)C(=O)C3CCCCN3S(=O)(=O)c3cccs3)nc12. The lowest BCUT2D eigenvalue weighted by atomic mass is 10.0. The minimum absolute atomic E-state index is 0.155. The van der Waals surface area contributed by atoms with Gasteiger partial charge in [0.05, 0.1) is 23.0 Å². The third-order valence-electron chi connectivity index (χ3n) is 5.83. The topological polar surface area (TPSA) is 83.7 Å². The molecule has 1 aliphatic heterocycles. The van der Waals surface area contributed by atoms with Gasteiger partial charge < -0.3 is 4.42 Å². The molecule has 1 fully saturated rings. The van der Waals surface area contributed by atoms with E-state index in [0.717, 1.165) is 33.5 Å². The number of thiophene rings is 1. The fourth-order valence-electron chi connectivity index (χ4n) is 4.20. The molecule has 178 valence electrons. The molecule has 11 heteroatoms. The molecule has 4 aromatic rings. The second kappa shape index (κ2) is 9.43. The van der Waals surface area contributed by atoms with Gasteiger partial charge in [-0.2, -0.15) is 4.31 Å². The first kappa shape index (κ1) is 23.5. The number of furan rings is 1. The second-order valence-electron chi connectivity index (χ2n) is 8.13. The molecule has 0 saturated carbocycles. The highest BCUT2D eigenvalue weighted by Gasteiger charge is 2.41. The Morgan fingerprint density at radius 1 is 1.29 bits per heavy atom. The van der Waals surface area contributed by atoms with E-state index in [1.54, 1.807) is 40.8 Å². The van der Waals surface area contributed by atoms with Gasteiger partial charge >= 0.3 is 0 Å². The van der Waals surface area contributed by atoms with Crippen LogP contribution in [0.1, 0.15) is 30.6 Å². The van der Waals surface area contributed by atoms with Gasteiger partial charge in [-0.1, -0.05) is 35.4 Å². The number of sulfonamides is 1. The molecule has 1 atom stereocenters. The molecule has 0 radical (unpaired) electrons. The summed E-state index contributed by atoms with van der Waals surface area (Å²) in [4.78, 5) is 20.3. The molecule has 0 bridgehead atoms. The number of amides is 1. The predicted molar refractivity (Wildman–Crippen MR) is 135 cm³/mol. The van der Waals surface area contributed by atoms with Gasteiger partial charge in [0.1, 0.15) is 16.0 Å². The van der Waals surface area contributed by atoms with Gasteiger partial charge in [0, 0.05) is 11.6 Å². The minimum atomic E-state index is -3.78. The van der Waals surface area contributed by atoms with Crippen LogP contribution in [0.5, 0.6) is 0 Å². The monoisotopic (exact) mass is 535 g/mol. The maximum Gasteiger partial charge on any atom is 0.253 e. The number of benzene rings is 1. The number of rotatable bonds is 6. The summed E-state index contributed by atoms with van der Waals surface area (Å²) in [5.74, 6) is 0.282. The average molecular weight is 536 g/mol. The smallest absolute Gasteiger partial charge is 0.253 e. The number of hydrogen-bond acceptors (Lipinski definition) is 7. The van der Waals surface area contributed by atoms with Crippen molar-refractivity contribution in [3.63, 3.8) is 0 Å². The fraction of sp³-hybridized carbons (Fsp3) is 0.304. The Bertz CT molecular complexity index is 1420. The molecule has 1 aliphatic rings. The van der Waals surface area contributed by atoms with Crippen molar-refractivity contribution in [2.45, 2.75) is 43.0 Å². The van der Waals surface area contributed by atoms with Gasteiger partial charge in [0.25, 0.3) is 10.0 Å². The summed E-state index contributed by atoms with van der Waals surface area (Å²) in [6, 6.07) is 9.68. The molecular formula is C23H22ClN3O4S3. The summed E-state index contributed by atoms with van der Waals surface area (Å²) in [5, 5.41) is 2.82. The van der Waals surface area contributed by atoms with Crippen LogP contribution >= 0.6 is 34.3 Å². The fourth-order valence-corrected chi connectivity index (χ4v) is 8.40. The highest BCUT2D eigenvalue weighted by molar-refractivity contribution is 7.91. The Morgan fingerprint density at radius 3 is 2.88 bits per heavy atom. The van der Waals surface area contributed by atoms with Crippen LogP contribution in [0.3, 0.4) is 0 Å². The zero-order valence-corrected chi connectivity index (χ0v) is 21.5. The molecule has 1 amide bonds. The lowest BCUT2D eigenvalue weighted by Crippen LogP contribution is -2.52. The number of carbonyl (C=O) groups excluding carboxylic acids is 1. The van der Waals surface area contributed by atoms with E-state index < -0.39 is 16.1 Å². The number of hydrogen-bond donors (Lipinski definition) is 0. The van der Waals surface area contributed by atoms with Crippen LogP contribution in [0.2, 0.25) is 5.02 Å². The molecule has 0 spiro atoms. The number of thiazole rings is 1. The van der Waals surface area contributed by atoms with Crippen LogP contribution in [0.4, 0.5) is 5.13 Å². The highest BCUT2D eigenvalue weighted by Crippen LogP contribution is 2.36. The van der Waals surface area contributed by atoms with Crippen molar-refractivity contribution in [3.8, 4) is 0 Å². The van der Waals surface area contributed by atoms with Crippen molar-refractivity contribution in [3.05, 3.63) is 64.4 Å². The van der Waals surface area contributed by atoms with Crippen LogP contribution in [0, 0.1) is 6.92 Å². The van der Waals surface area contributed by atoms with Gasteiger partial charge in [-0.05, 0) is 61.0 Å². The Hall–Kier alpha value is -2.24. The number of anilines is 1. The van der Waals surface area contributed by atoms with Crippen molar-refractivity contribution in [1.29, 1.82) is 0 Å². The van der Waals surface area contributed by atoms with Gasteiger partial charge in [-0.25, -0.2) is 13.4 Å². The first-order chi connectivity index (χ1) is 16.3. The minimum Gasteiger partial charge on any atom is -0.467 e. The third kappa shape index (κ3) is 4.40. The van der Waals surface area contributed by atoms with Crippen LogP contribution in [-0.2, 0) is 21.4 Å². The number of nitrogens with zero attached hydrogens (tertiary/aromatic N) is 3. The predicted octanol–water partition coefficient (Wildman–Crippen LogP) is 5.69. The largest absolute Gasteiger partial charge is 0.467 e. The number of aromatic nitrogens is 1. The molecular weight excluding hydrogens is 514 g/mol. The molecule has 4 heterocycles. The molecule has 5 rings (SSSR count). The number of fused-ring (bicyclic) bond motifs is 1. The van der Waals surface area contributed by atoms with Crippen LogP contribution in [0.15, 0.2) is 56.7 Å². The lowest BCUT2D eigenvalue weighted by molar-refractivity contribution is -0.123. The van der Waals surface area contributed by atoms with E-state index >= 15 is 0 Å². The number of halogens is 1. The third-order valence-corrected chi connectivity index (χ3v) is 10.4.